The van der Waals surface area contributed by atoms with Crippen LogP contribution in [0.4, 0.5) is 32.2 Å². The molecule has 0 atom stereocenters. The molecule has 28 heavy (non-hydrogen) atoms. The summed E-state index contributed by atoms with van der Waals surface area (Å²) in [7, 11) is 0. The second kappa shape index (κ2) is 6.43. The number of nitrogens with one attached hydrogen (secondary N) is 1. The molecule has 1 aliphatic heterocycles. The molecule has 1 aliphatic rings. The van der Waals surface area contributed by atoms with Gasteiger partial charge >= 0.3 is 12.1 Å². The number of nitrogens with zero attached hydrogens (tertiary/aromatic N) is 4. The fraction of sp³-hybridized carbons (Fsp3) is 0.353. The highest BCUT2D eigenvalue weighted by atomic mass is 19.4. The highest BCUT2D eigenvalue weighted by Crippen LogP contribution is 2.46. The van der Waals surface area contributed by atoms with Crippen molar-refractivity contribution in [2.24, 2.45) is 0 Å². The molecule has 0 unspecified atom stereocenters. The first-order valence-corrected chi connectivity index (χ1v) is 8.35. The Labute approximate surface area is 154 Å². The quantitative estimate of drug-likeness (QED) is 0.527. The number of pyridine rings is 1. The third-order valence-electron chi connectivity index (χ3n) is 4.59. The van der Waals surface area contributed by atoms with Crippen LogP contribution in [0, 0.1) is 5.82 Å². The highest BCUT2D eigenvalue weighted by molar-refractivity contribution is 6.06. The molecule has 0 amide bonds. The Balaban J connectivity index is 1.99. The molecule has 0 bridgehead atoms. The molecule has 4 rings (SSSR count). The van der Waals surface area contributed by atoms with E-state index in [4.69, 9.17) is 0 Å². The van der Waals surface area contributed by atoms with Gasteiger partial charge in [0, 0.05) is 50.0 Å². The standard InChI is InChI=1S/C17H13F6N5/c18-11-8-12-9(7-10(11)16(19,20)17(21,22)23)13-14(26-2-1-25-13)15(27-12)28-5-3-24-4-6-28/h1-2,7-8,24H,3-6H2. The van der Waals surface area contributed by atoms with Gasteiger partial charge in [-0.25, -0.2) is 14.4 Å². The monoisotopic (exact) mass is 401 g/mol. The minimum atomic E-state index is -5.93. The van der Waals surface area contributed by atoms with E-state index in [1.807, 2.05) is 4.90 Å². The van der Waals surface area contributed by atoms with E-state index >= 15 is 0 Å². The third kappa shape index (κ3) is 2.89. The van der Waals surface area contributed by atoms with Gasteiger partial charge < -0.3 is 10.2 Å². The van der Waals surface area contributed by atoms with Gasteiger partial charge in [0.25, 0.3) is 0 Å². The Morgan fingerprint density at radius 3 is 2.21 bits per heavy atom. The van der Waals surface area contributed by atoms with Crippen molar-refractivity contribution in [2.45, 2.75) is 12.1 Å². The van der Waals surface area contributed by atoms with E-state index < -0.39 is 23.5 Å². The van der Waals surface area contributed by atoms with E-state index in [-0.39, 0.29) is 21.9 Å². The van der Waals surface area contributed by atoms with Gasteiger partial charge in [0.1, 0.15) is 16.9 Å². The average molecular weight is 401 g/mol. The van der Waals surface area contributed by atoms with Gasteiger partial charge in [0.05, 0.1) is 11.1 Å². The van der Waals surface area contributed by atoms with Crippen LogP contribution in [-0.4, -0.2) is 47.3 Å². The lowest BCUT2D eigenvalue weighted by molar-refractivity contribution is -0.290. The maximum atomic E-state index is 14.2. The van der Waals surface area contributed by atoms with Crippen LogP contribution in [0.1, 0.15) is 5.56 Å². The van der Waals surface area contributed by atoms with Crippen molar-refractivity contribution < 1.29 is 26.3 Å². The zero-order valence-corrected chi connectivity index (χ0v) is 14.2. The minimum absolute atomic E-state index is 0.0687. The van der Waals surface area contributed by atoms with Crippen LogP contribution in [0.3, 0.4) is 0 Å². The van der Waals surface area contributed by atoms with Crippen molar-refractivity contribution in [3.8, 4) is 0 Å². The number of halogens is 6. The topological polar surface area (TPSA) is 53.9 Å². The van der Waals surface area contributed by atoms with Gasteiger partial charge in [-0.1, -0.05) is 0 Å². The first kappa shape index (κ1) is 18.7. The molecule has 2 aromatic heterocycles. The normalized spacial score (nSPS) is 16.1. The van der Waals surface area contributed by atoms with Crippen LogP contribution in [0.15, 0.2) is 24.5 Å². The van der Waals surface area contributed by atoms with E-state index in [0.29, 0.717) is 44.1 Å². The zero-order valence-electron chi connectivity index (χ0n) is 14.2. The molecule has 1 fully saturated rings. The van der Waals surface area contributed by atoms with Crippen molar-refractivity contribution in [1.82, 2.24) is 20.3 Å². The first-order chi connectivity index (χ1) is 13.2. The van der Waals surface area contributed by atoms with Crippen molar-refractivity contribution in [3.05, 3.63) is 35.9 Å². The van der Waals surface area contributed by atoms with Gasteiger partial charge in [-0.2, -0.15) is 22.0 Å². The number of benzene rings is 1. The summed E-state index contributed by atoms with van der Waals surface area (Å²) in [6.07, 6.45) is -3.28. The molecule has 1 saturated heterocycles. The van der Waals surface area contributed by atoms with Gasteiger partial charge in [-0.05, 0) is 6.07 Å². The summed E-state index contributed by atoms with van der Waals surface area (Å²) in [6, 6.07) is 1.05. The van der Waals surface area contributed by atoms with Gasteiger partial charge in [-0.3, -0.25) is 4.98 Å². The van der Waals surface area contributed by atoms with Crippen LogP contribution >= 0.6 is 0 Å². The van der Waals surface area contributed by atoms with Crippen molar-refractivity contribution in [1.29, 1.82) is 0 Å². The molecule has 0 saturated carbocycles. The van der Waals surface area contributed by atoms with E-state index in [9.17, 15) is 26.3 Å². The molecule has 3 heterocycles. The molecule has 1 aromatic carbocycles. The zero-order chi connectivity index (χ0) is 20.1. The number of hydrogen-bond donors (Lipinski definition) is 1. The largest absolute Gasteiger partial charge is 0.458 e. The molecular formula is C17H13F6N5. The maximum Gasteiger partial charge on any atom is 0.458 e. The van der Waals surface area contributed by atoms with Crippen LogP contribution in [0.5, 0.6) is 0 Å². The lowest BCUT2D eigenvalue weighted by Crippen LogP contribution is -2.44. The summed E-state index contributed by atoms with van der Waals surface area (Å²) in [5.41, 5.74) is -1.50. The van der Waals surface area contributed by atoms with Crippen LogP contribution in [0.25, 0.3) is 21.9 Å². The van der Waals surface area contributed by atoms with Crippen molar-refractivity contribution in [3.63, 3.8) is 0 Å². The van der Waals surface area contributed by atoms with Crippen molar-refractivity contribution >= 4 is 27.8 Å². The van der Waals surface area contributed by atoms with Gasteiger partial charge in [0.2, 0.25) is 0 Å². The molecule has 3 aromatic rings. The molecule has 1 N–H and O–H groups in total. The lowest BCUT2D eigenvalue weighted by atomic mass is 10.0. The van der Waals surface area contributed by atoms with E-state index in [2.05, 4.69) is 20.3 Å². The maximum absolute atomic E-state index is 14.2. The first-order valence-electron chi connectivity index (χ1n) is 8.35. The molecule has 0 aliphatic carbocycles. The Bertz CT molecular complexity index is 1050. The average Bonchev–Trinajstić information content (AvgIpc) is 2.66. The second-order valence-corrected chi connectivity index (χ2v) is 6.35. The van der Waals surface area contributed by atoms with E-state index in [1.54, 1.807) is 0 Å². The number of anilines is 1. The molecule has 11 heteroatoms. The Morgan fingerprint density at radius 1 is 0.929 bits per heavy atom. The highest BCUT2D eigenvalue weighted by Gasteiger charge is 2.60. The predicted molar refractivity (Wildman–Crippen MR) is 89.8 cm³/mol. The number of alkyl halides is 5. The SMILES string of the molecule is Fc1cc2nc(N3CCNCC3)c3nccnc3c2cc1C(F)(F)C(F)(F)F. The number of hydrogen-bond acceptors (Lipinski definition) is 5. The summed E-state index contributed by atoms with van der Waals surface area (Å²) in [5, 5.41) is 3.04. The van der Waals surface area contributed by atoms with E-state index in [1.165, 1.54) is 12.4 Å². The van der Waals surface area contributed by atoms with Crippen LogP contribution in [0.2, 0.25) is 0 Å². The van der Waals surface area contributed by atoms with E-state index in [0.717, 1.165) is 0 Å². The second-order valence-electron chi connectivity index (χ2n) is 6.35. The Hall–Kier alpha value is -2.69. The summed E-state index contributed by atoms with van der Waals surface area (Å²) in [6.45, 7) is 2.51. The Morgan fingerprint density at radius 2 is 1.57 bits per heavy atom. The summed E-state index contributed by atoms with van der Waals surface area (Å²) in [5.74, 6) is -6.65. The fourth-order valence-electron chi connectivity index (χ4n) is 3.20. The fourth-order valence-corrected chi connectivity index (χ4v) is 3.20. The molecule has 0 spiro atoms. The van der Waals surface area contributed by atoms with Crippen molar-refractivity contribution in [2.75, 3.05) is 31.1 Å². The van der Waals surface area contributed by atoms with Gasteiger partial charge in [0.15, 0.2) is 5.82 Å². The van der Waals surface area contributed by atoms with Gasteiger partial charge in [-0.15, -0.1) is 0 Å². The number of aromatic nitrogens is 3. The number of fused-ring (bicyclic) bond motifs is 3. The van der Waals surface area contributed by atoms with Crippen LogP contribution in [-0.2, 0) is 5.92 Å². The third-order valence-corrected chi connectivity index (χ3v) is 4.59. The van der Waals surface area contributed by atoms with Crippen LogP contribution < -0.4 is 10.2 Å². The molecule has 148 valence electrons. The Kier molecular flexibility index (Phi) is 4.29. The molecular weight excluding hydrogens is 388 g/mol. The smallest absolute Gasteiger partial charge is 0.352 e. The molecule has 5 nitrogen and oxygen atoms in total. The molecule has 0 radical (unpaired) electrons. The number of piperazine rings is 1. The number of rotatable bonds is 2. The summed E-state index contributed by atoms with van der Waals surface area (Å²) >= 11 is 0. The summed E-state index contributed by atoms with van der Waals surface area (Å²) < 4.78 is 80.1. The minimum Gasteiger partial charge on any atom is -0.352 e. The summed E-state index contributed by atoms with van der Waals surface area (Å²) in [4.78, 5) is 14.4. The predicted octanol–water partition coefficient (Wildman–Crippen LogP) is 3.38. The lowest BCUT2D eigenvalue weighted by Gasteiger charge is -2.29.